The van der Waals surface area contributed by atoms with Crippen LogP contribution >= 0.6 is 0 Å². The van der Waals surface area contributed by atoms with Crippen molar-refractivity contribution < 1.29 is 28.1 Å². The number of carbonyl (C=O) groups is 2. The maximum atomic E-state index is 13.8. The van der Waals surface area contributed by atoms with Crippen molar-refractivity contribution in [3.63, 3.8) is 0 Å². The zero-order valence-corrected chi connectivity index (χ0v) is 29.8. The van der Waals surface area contributed by atoms with Gasteiger partial charge in [0.15, 0.2) is 8.32 Å². The fourth-order valence-corrected chi connectivity index (χ4v) is 12.3. The minimum atomic E-state index is -1.94. The van der Waals surface area contributed by atoms with E-state index >= 15 is 0 Å². The molecule has 4 rings (SSSR count). The molecule has 2 heterocycles. The molecule has 0 radical (unpaired) electrons. The Labute approximate surface area is 269 Å². The molecule has 1 fully saturated rings. The number of β-lactam (4-membered cyclic amide) rings is 1. The number of hydrogen-bond acceptors (Lipinski definition) is 7. The van der Waals surface area contributed by atoms with E-state index in [0.29, 0.717) is 12.0 Å². The summed E-state index contributed by atoms with van der Waals surface area (Å²) < 4.78 is 19.0. The molecule has 1 saturated heterocycles. The van der Waals surface area contributed by atoms with Crippen LogP contribution in [0.25, 0.3) is 5.57 Å². The molecule has 0 N–H and O–H groups in total. The molecule has 2 aromatic rings. The highest BCUT2D eigenvalue weighted by molar-refractivity contribution is 6.74. The first kappa shape index (κ1) is 34.6. The molecule has 11 heteroatoms. The van der Waals surface area contributed by atoms with Gasteiger partial charge >= 0.3 is 5.97 Å². The molecule has 2 aromatic carbocycles. The van der Waals surface area contributed by atoms with E-state index in [4.69, 9.17) is 13.6 Å². The lowest BCUT2D eigenvalue weighted by atomic mass is 9.82. The second-order valence-corrected chi connectivity index (χ2v) is 21.7. The van der Waals surface area contributed by atoms with Crippen molar-refractivity contribution in [1.82, 2.24) is 4.90 Å². The van der Waals surface area contributed by atoms with Crippen LogP contribution in [0.4, 0.5) is 5.69 Å². The second-order valence-electron chi connectivity index (χ2n) is 12.3. The number of fused-ring (bicyclic) bond motifs is 1. The van der Waals surface area contributed by atoms with Crippen LogP contribution in [0.15, 0.2) is 54.2 Å². The van der Waals surface area contributed by atoms with Crippen LogP contribution in [0.2, 0.25) is 36.3 Å². The molecule has 0 aromatic heterocycles. The quantitative estimate of drug-likeness (QED) is 0.0593. The van der Waals surface area contributed by atoms with Crippen molar-refractivity contribution in [3.05, 3.63) is 75.5 Å². The summed E-state index contributed by atoms with van der Waals surface area (Å²) in [6.45, 7) is 15.1. The molecule has 0 aliphatic carbocycles. The molecular weight excluding hydrogens is 605 g/mol. The van der Waals surface area contributed by atoms with Crippen molar-refractivity contribution >= 4 is 39.8 Å². The minimum absolute atomic E-state index is 0.0345. The third-order valence-corrected chi connectivity index (χ3v) is 19.5. The number of amides is 1. The van der Waals surface area contributed by atoms with E-state index in [-0.39, 0.29) is 42.0 Å². The van der Waals surface area contributed by atoms with Gasteiger partial charge < -0.3 is 18.5 Å². The third kappa shape index (κ3) is 6.95. The average Bonchev–Trinajstić information content (AvgIpc) is 3.40. The highest BCUT2D eigenvalue weighted by Gasteiger charge is 2.58. The van der Waals surface area contributed by atoms with Gasteiger partial charge in [-0.05, 0) is 90.6 Å². The van der Waals surface area contributed by atoms with Crippen LogP contribution in [-0.4, -0.2) is 50.5 Å². The number of nitro benzene ring substituents is 1. The highest BCUT2D eigenvalue weighted by atomic mass is 28.4. The molecular formula is C34H48N2O7Si2. The molecule has 2 aliphatic heterocycles. The van der Waals surface area contributed by atoms with Crippen molar-refractivity contribution in [2.45, 2.75) is 110 Å². The van der Waals surface area contributed by atoms with Gasteiger partial charge in [-0.1, -0.05) is 53.7 Å². The largest absolute Gasteiger partial charge is 0.544 e. The first-order valence-corrected chi connectivity index (χ1v) is 21.5. The Bertz CT molecular complexity index is 1390. The van der Waals surface area contributed by atoms with Crippen LogP contribution in [0.3, 0.4) is 0 Å². The first-order valence-electron chi connectivity index (χ1n) is 16.4. The molecule has 0 unspecified atom stereocenters. The fourth-order valence-electron chi connectivity index (χ4n) is 6.84. The first-order chi connectivity index (χ1) is 21.5. The summed E-state index contributed by atoms with van der Waals surface area (Å²) in [6, 6.07) is 19.7. The van der Waals surface area contributed by atoms with Crippen LogP contribution in [0.5, 0.6) is 5.75 Å². The van der Waals surface area contributed by atoms with Crippen molar-refractivity contribution in [3.8, 4) is 5.75 Å². The molecule has 0 spiro atoms. The number of nitrogens with zero attached hydrogens (tertiary/aromatic N) is 2. The monoisotopic (exact) mass is 652 g/mol. The van der Waals surface area contributed by atoms with E-state index in [1.807, 2.05) is 31.2 Å². The van der Waals surface area contributed by atoms with Gasteiger partial charge in [-0.15, -0.1) is 0 Å². The van der Waals surface area contributed by atoms with E-state index in [9.17, 15) is 19.7 Å². The van der Waals surface area contributed by atoms with Crippen LogP contribution in [0, 0.1) is 16.0 Å². The Morgan fingerprint density at radius 3 is 1.98 bits per heavy atom. The summed E-state index contributed by atoms with van der Waals surface area (Å²) in [5.41, 5.74) is 2.49. The predicted octanol–water partition coefficient (Wildman–Crippen LogP) is 8.07. The number of benzene rings is 2. The Morgan fingerprint density at radius 1 is 0.911 bits per heavy atom. The van der Waals surface area contributed by atoms with Gasteiger partial charge in [0.2, 0.25) is 14.2 Å². The van der Waals surface area contributed by atoms with E-state index in [1.165, 1.54) is 12.1 Å². The molecule has 244 valence electrons. The maximum Gasteiger partial charge on any atom is 0.355 e. The Hall–Kier alpha value is -3.29. The van der Waals surface area contributed by atoms with Gasteiger partial charge in [-0.25, -0.2) is 4.79 Å². The molecule has 0 saturated carbocycles. The number of non-ortho nitro benzene ring substituents is 1. The maximum absolute atomic E-state index is 13.8. The fraction of sp³-hybridized carbons (Fsp3) is 0.529. The van der Waals surface area contributed by atoms with Crippen LogP contribution in [-0.2, 0) is 25.4 Å². The van der Waals surface area contributed by atoms with Crippen molar-refractivity contribution in [2.24, 2.45) is 5.92 Å². The lowest BCUT2D eigenvalue weighted by Crippen LogP contribution is -2.63. The predicted molar refractivity (Wildman–Crippen MR) is 181 cm³/mol. The third-order valence-electron chi connectivity index (χ3n) is 10.3. The molecule has 45 heavy (non-hydrogen) atoms. The topological polar surface area (TPSA) is 108 Å². The summed E-state index contributed by atoms with van der Waals surface area (Å²) in [6.07, 6.45) is 0.288. The summed E-state index contributed by atoms with van der Waals surface area (Å²) >= 11 is 0. The van der Waals surface area contributed by atoms with Gasteiger partial charge in [0.05, 0.1) is 23.0 Å². The number of hydrogen-bond donors (Lipinski definition) is 0. The molecule has 1 amide bonds. The summed E-state index contributed by atoms with van der Waals surface area (Å²) in [4.78, 5) is 39.6. The normalized spacial score (nSPS) is 18.8. The number of ether oxygens (including phenoxy) is 1. The number of carbonyl (C=O) groups excluding carboxylic acids is 2. The van der Waals surface area contributed by atoms with Crippen LogP contribution in [0.1, 0.15) is 66.0 Å². The lowest BCUT2D eigenvalue weighted by Gasteiger charge is -2.48. The van der Waals surface area contributed by atoms with Gasteiger partial charge in [-0.2, -0.15) is 0 Å². The Kier molecular flexibility index (Phi) is 11.1. The van der Waals surface area contributed by atoms with E-state index in [2.05, 4.69) is 41.5 Å². The molecule has 9 nitrogen and oxygen atoms in total. The zero-order valence-electron chi connectivity index (χ0n) is 27.8. The van der Waals surface area contributed by atoms with E-state index < -0.39 is 27.5 Å². The average molecular weight is 653 g/mol. The standard InChI is InChI=1S/C34H48N2O7Si2/c1-8-44(9-2,10-3)42-24(7)31-30-22-29(26-16-20-28(21-17-26)43-45(11-4,12-5)13-6)32(35(30)33(31)37)34(38)41-23-25-14-18-27(19-15-25)36(39)40/h14-21,24,30-31H,8-13,22-23H2,1-7H3/t24-,30-,31-/m1/s1. The van der Waals surface area contributed by atoms with Crippen molar-refractivity contribution in [1.29, 1.82) is 0 Å². The van der Waals surface area contributed by atoms with Crippen molar-refractivity contribution in [2.75, 3.05) is 0 Å². The summed E-state index contributed by atoms with van der Waals surface area (Å²) in [5, 5.41) is 11.0. The van der Waals surface area contributed by atoms with E-state index in [0.717, 1.165) is 53.2 Å². The summed E-state index contributed by atoms with van der Waals surface area (Å²) in [5.74, 6) is -0.193. The molecule has 0 bridgehead atoms. The van der Waals surface area contributed by atoms with Gasteiger partial charge in [0.1, 0.15) is 18.1 Å². The van der Waals surface area contributed by atoms with Gasteiger partial charge in [0.25, 0.3) is 5.69 Å². The number of rotatable bonds is 16. The zero-order chi connectivity index (χ0) is 32.9. The SMILES string of the molecule is CC[Si](CC)(CC)Oc1ccc(C2=C(C(=O)OCc3ccc([N+](=O)[O-])cc3)N3C(=O)[C@H]([C@@H](C)O[Si](CC)(CC)CC)[C@H]3C2)cc1. The van der Waals surface area contributed by atoms with E-state index in [1.54, 1.807) is 17.0 Å². The molecule has 2 aliphatic rings. The smallest absolute Gasteiger partial charge is 0.355 e. The number of esters is 1. The lowest BCUT2D eigenvalue weighted by molar-refractivity contribution is -0.384. The highest BCUT2D eigenvalue weighted by Crippen LogP contribution is 2.48. The van der Waals surface area contributed by atoms with Gasteiger partial charge in [-0.3, -0.25) is 14.9 Å². The minimum Gasteiger partial charge on any atom is -0.544 e. The van der Waals surface area contributed by atoms with Crippen LogP contribution < -0.4 is 4.43 Å². The second kappa shape index (κ2) is 14.4. The van der Waals surface area contributed by atoms with Gasteiger partial charge in [0, 0.05) is 12.1 Å². The summed E-state index contributed by atoms with van der Waals surface area (Å²) in [7, 11) is -3.80. The number of nitro groups is 1. The molecule has 3 atom stereocenters. The Balaban J connectivity index is 1.61. The Morgan fingerprint density at radius 2 is 1.47 bits per heavy atom.